The van der Waals surface area contributed by atoms with E-state index in [-0.39, 0.29) is 11.6 Å². The number of hydrogen-bond acceptors (Lipinski definition) is 3. The second-order valence-electron chi connectivity index (χ2n) is 4.06. The lowest BCUT2D eigenvalue weighted by Gasteiger charge is -2.08. The van der Waals surface area contributed by atoms with Crippen LogP contribution in [-0.4, -0.2) is 36.6 Å². The molecule has 0 amide bonds. The van der Waals surface area contributed by atoms with Crippen molar-refractivity contribution in [1.29, 1.82) is 0 Å². The van der Waals surface area contributed by atoms with Crippen molar-refractivity contribution in [3.8, 4) is 0 Å². The van der Waals surface area contributed by atoms with Gasteiger partial charge in [-0.3, -0.25) is 0 Å². The van der Waals surface area contributed by atoms with Crippen LogP contribution in [0.4, 0.5) is 0 Å². The molecule has 0 spiro atoms. The molecule has 1 aliphatic heterocycles. The van der Waals surface area contributed by atoms with Gasteiger partial charge in [-0.2, -0.15) is 8.42 Å². The summed E-state index contributed by atoms with van der Waals surface area (Å²) in [6.07, 6.45) is 2.04. The minimum Gasteiger partial charge on any atom is -0.477 e. The van der Waals surface area contributed by atoms with Gasteiger partial charge in [0.2, 0.25) is 0 Å². The van der Waals surface area contributed by atoms with E-state index in [0.29, 0.717) is 9.54 Å². The van der Waals surface area contributed by atoms with Crippen molar-refractivity contribution in [1.82, 2.24) is 3.97 Å². The van der Waals surface area contributed by atoms with Crippen molar-refractivity contribution >= 4 is 16.2 Å². The van der Waals surface area contributed by atoms with Gasteiger partial charge in [0.05, 0.1) is 13.1 Å². The molecule has 1 aliphatic rings. The van der Waals surface area contributed by atoms with Crippen LogP contribution in [0.1, 0.15) is 28.4 Å². The molecule has 2 heterocycles. The quantitative estimate of drug-likeness (QED) is 0.599. The van der Waals surface area contributed by atoms with Crippen LogP contribution in [0.25, 0.3) is 0 Å². The van der Waals surface area contributed by atoms with E-state index in [1.165, 1.54) is 12.3 Å². The lowest BCUT2D eigenvalue weighted by molar-refractivity contribution is -0.636. The Morgan fingerprint density at radius 3 is 2.76 bits per heavy atom. The predicted molar refractivity (Wildman–Crippen MR) is 58.9 cm³/mol. The van der Waals surface area contributed by atoms with Crippen molar-refractivity contribution in [3.63, 3.8) is 0 Å². The van der Waals surface area contributed by atoms with Crippen LogP contribution in [0.5, 0.6) is 0 Å². The normalized spacial score (nSPS) is 20.6. The Morgan fingerprint density at radius 1 is 1.59 bits per heavy atom. The molecule has 5 N–H and O–H groups in total. The number of rotatable bonds is 3. The van der Waals surface area contributed by atoms with Gasteiger partial charge in [-0.15, -0.1) is 0 Å². The first-order valence-corrected chi connectivity index (χ1v) is 6.71. The first-order chi connectivity index (χ1) is 7.91. The summed E-state index contributed by atoms with van der Waals surface area (Å²) in [5.74, 6) is -1.20. The molecule has 0 bridgehead atoms. The van der Waals surface area contributed by atoms with Gasteiger partial charge in [0.25, 0.3) is 0 Å². The average molecular weight is 260 g/mol. The highest BCUT2D eigenvalue weighted by atomic mass is 32.2. The van der Waals surface area contributed by atoms with Gasteiger partial charge in [-0.05, 0) is 11.6 Å². The third kappa shape index (κ3) is 2.19. The predicted octanol–water partition coefficient (Wildman–Crippen LogP) is -1.71. The molecule has 1 fully saturated rings. The fraction of sp³-hybridized carbons (Fsp3) is 0.444. The van der Waals surface area contributed by atoms with Gasteiger partial charge >= 0.3 is 16.2 Å². The van der Waals surface area contributed by atoms with Gasteiger partial charge < -0.3 is 10.4 Å². The number of nitrogens with two attached hydrogens (primary N) is 2. The maximum atomic E-state index is 11.3. The van der Waals surface area contributed by atoms with Crippen molar-refractivity contribution in [2.24, 2.45) is 5.14 Å². The fourth-order valence-corrected chi connectivity index (χ4v) is 2.89. The largest absolute Gasteiger partial charge is 0.477 e. The Morgan fingerprint density at radius 2 is 2.29 bits per heavy atom. The molecule has 1 atom stereocenters. The lowest BCUT2D eigenvalue weighted by Crippen LogP contribution is -2.81. The van der Waals surface area contributed by atoms with E-state index in [9.17, 15) is 13.2 Å². The average Bonchev–Trinajstić information content (AvgIpc) is 2.84. The van der Waals surface area contributed by atoms with Crippen LogP contribution in [-0.2, 0) is 10.2 Å². The first-order valence-electron chi connectivity index (χ1n) is 5.20. The molecule has 0 aliphatic carbocycles. The summed E-state index contributed by atoms with van der Waals surface area (Å²) in [7, 11) is -4.06. The monoisotopic (exact) mass is 260 g/mol. The molecule has 1 unspecified atom stereocenters. The van der Waals surface area contributed by atoms with Crippen molar-refractivity contribution in [3.05, 3.63) is 23.5 Å². The van der Waals surface area contributed by atoms with E-state index in [1.807, 2.05) is 0 Å². The second kappa shape index (κ2) is 4.13. The summed E-state index contributed by atoms with van der Waals surface area (Å²) in [6, 6.07) is 1.53. The molecule has 94 valence electrons. The molecule has 0 radical (unpaired) electrons. The highest BCUT2D eigenvalue weighted by molar-refractivity contribution is 7.87. The Balaban J connectivity index is 2.54. The van der Waals surface area contributed by atoms with Gasteiger partial charge in [0, 0.05) is 18.5 Å². The minimum absolute atomic E-state index is 0.0732. The van der Waals surface area contributed by atoms with Crippen LogP contribution in [0, 0.1) is 0 Å². The number of quaternary nitrogens is 1. The molecule has 8 heteroatoms. The molecule has 17 heavy (non-hydrogen) atoms. The molecular formula is C9H14N3O4S+. The number of carbonyl (C=O) groups is 1. The summed E-state index contributed by atoms with van der Waals surface area (Å²) < 4.78 is 23.1. The zero-order valence-corrected chi connectivity index (χ0v) is 9.85. The van der Waals surface area contributed by atoms with Gasteiger partial charge in [-0.1, -0.05) is 0 Å². The summed E-state index contributed by atoms with van der Waals surface area (Å²) >= 11 is 0. The molecule has 0 aromatic carbocycles. The third-order valence-corrected chi connectivity index (χ3v) is 3.82. The van der Waals surface area contributed by atoms with E-state index < -0.39 is 16.2 Å². The van der Waals surface area contributed by atoms with E-state index in [2.05, 4.69) is 5.32 Å². The van der Waals surface area contributed by atoms with E-state index in [1.54, 1.807) is 0 Å². The van der Waals surface area contributed by atoms with Crippen molar-refractivity contribution in [2.45, 2.75) is 12.3 Å². The number of aromatic carboxylic acids is 1. The maximum absolute atomic E-state index is 11.3. The zero-order valence-electron chi connectivity index (χ0n) is 9.04. The fourth-order valence-electron chi connectivity index (χ4n) is 2.23. The van der Waals surface area contributed by atoms with Crippen LogP contribution in [0.3, 0.4) is 0 Å². The Hall–Kier alpha value is -1.38. The van der Waals surface area contributed by atoms with Gasteiger partial charge in [0.1, 0.15) is 5.69 Å². The number of hydrogen-bond donors (Lipinski definition) is 3. The van der Waals surface area contributed by atoms with Crippen LogP contribution in [0.2, 0.25) is 0 Å². The third-order valence-electron chi connectivity index (χ3n) is 2.97. The summed E-state index contributed by atoms with van der Waals surface area (Å²) in [6.45, 7) is 1.69. The minimum atomic E-state index is -4.06. The summed E-state index contributed by atoms with van der Waals surface area (Å²) in [5.41, 5.74) is 0.299. The Kier molecular flexibility index (Phi) is 2.94. The lowest BCUT2D eigenvalue weighted by atomic mass is 9.99. The molecule has 1 saturated heterocycles. The second-order valence-corrected chi connectivity index (χ2v) is 5.49. The molecule has 0 saturated carbocycles. The Bertz CT molecular complexity index is 543. The van der Waals surface area contributed by atoms with Crippen molar-refractivity contribution < 1.29 is 23.6 Å². The standard InChI is InChI=1S/C9H13N3O4S/c10-17(15,16)12-4-2-7(8(12)9(13)14)6-1-3-11-5-6/h2,4,6,11H,1,3,5H2,(H,13,14)(H2,10,15,16)/p+1. The molecule has 2 rings (SSSR count). The maximum Gasteiger partial charge on any atom is 0.353 e. The Labute approximate surface area is 98.4 Å². The van der Waals surface area contributed by atoms with E-state index in [0.717, 1.165) is 19.5 Å². The van der Waals surface area contributed by atoms with Crippen molar-refractivity contribution in [2.75, 3.05) is 13.1 Å². The molecule has 1 aromatic heterocycles. The highest BCUT2D eigenvalue weighted by Gasteiger charge is 2.29. The zero-order chi connectivity index (χ0) is 12.6. The number of carboxylic acid groups (broad SMARTS) is 1. The molecular weight excluding hydrogens is 246 g/mol. The molecule has 7 nitrogen and oxygen atoms in total. The molecule has 1 aromatic rings. The summed E-state index contributed by atoms with van der Waals surface area (Å²) in [5, 5.41) is 16.2. The smallest absolute Gasteiger partial charge is 0.353 e. The van der Waals surface area contributed by atoms with E-state index >= 15 is 0 Å². The first kappa shape index (κ1) is 12.1. The van der Waals surface area contributed by atoms with Crippen LogP contribution >= 0.6 is 0 Å². The number of carboxylic acids is 1. The summed E-state index contributed by atoms with van der Waals surface area (Å²) in [4.78, 5) is 11.2. The SMILES string of the molecule is NS(=O)(=O)n1ccc(C2CC[NH2+]C2)c1C(=O)O. The number of nitrogens with zero attached hydrogens (tertiary/aromatic N) is 1. The van der Waals surface area contributed by atoms with E-state index in [4.69, 9.17) is 10.2 Å². The van der Waals surface area contributed by atoms with Gasteiger partial charge in [0.15, 0.2) is 0 Å². The number of aromatic nitrogens is 1. The topological polar surface area (TPSA) is 119 Å². The van der Waals surface area contributed by atoms with Gasteiger partial charge in [-0.25, -0.2) is 13.9 Å². The van der Waals surface area contributed by atoms with Crippen LogP contribution in [0.15, 0.2) is 12.3 Å². The highest BCUT2D eigenvalue weighted by Crippen LogP contribution is 2.25. The van der Waals surface area contributed by atoms with Crippen LogP contribution < -0.4 is 10.5 Å².